The van der Waals surface area contributed by atoms with Crippen molar-refractivity contribution in [1.82, 2.24) is 9.88 Å². The Morgan fingerprint density at radius 2 is 2.23 bits per heavy atom. The van der Waals surface area contributed by atoms with E-state index in [2.05, 4.69) is 39.4 Å². The van der Waals surface area contributed by atoms with Crippen molar-refractivity contribution in [3.05, 3.63) is 41.5 Å². The molecule has 3 rings (SSSR count). The van der Waals surface area contributed by atoms with Gasteiger partial charge < -0.3 is 15.2 Å². The third-order valence-corrected chi connectivity index (χ3v) is 5.36. The minimum Gasteiger partial charge on any atom is -0.465 e. The molecule has 1 aromatic heterocycles. The molecule has 0 aromatic carbocycles. The number of pyridine rings is 1. The summed E-state index contributed by atoms with van der Waals surface area (Å²) in [5.41, 5.74) is 0.380. The summed E-state index contributed by atoms with van der Waals surface area (Å²) in [6.07, 6.45) is 3.29. The first-order valence-corrected chi connectivity index (χ1v) is 9.01. The zero-order chi connectivity index (χ0) is 18.9. The average Bonchev–Trinajstić information content (AvgIpc) is 3.18. The standard InChI is InChI=1S/C18H20BrN3O4/c1-3-7-26-10-18-8-12(22(17(24)25)13(18)9-18)16(23)21-15-11(4-2)5-6-14(19)20-15/h3-6,12-13H,1-2,7-10H2,(H,24,25)(H,20,21,23)/t12-,13+,18-/m0/s1. The number of carbonyl (C=O) groups is 2. The first-order valence-electron chi connectivity index (χ1n) is 8.21. The smallest absolute Gasteiger partial charge is 0.408 e. The quantitative estimate of drug-likeness (QED) is 0.400. The molecule has 1 saturated carbocycles. The molecular formula is C18H20BrN3O4. The van der Waals surface area contributed by atoms with E-state index in [-0.39, 0.29) is 11.5 Å². The van der Waals surface area contributed by atoms with Gasteiger partial charge in [-0.25, -0.2) is 9.78 Å². The molecule has 2 N–H and O–H groups in total. The van der Waals surface area contributed by atoms with Gasteiger partial charge in [0, 0.05) is 17.0 Å². The Labute approximate surface area is 159 Å². The number of likely N-dealkylation sites (tertiary alicyclic amines) is 1. The van der Waals surface area contributed by atoms with Gasteiger partial charge in [0.15, 0.2) is 0 Å². The highest BCUT2D eigenvalue weighted by molar-refractivity contribution is 9.10. The fourth-order valence-electron chi connectivity index (χ4n) is 3.60. The Balaban J connectivity index is 1.76. The predicted molar refractivity (Wildman–Crippen MR) is 101 cm³/mol. The van der Waals surface area contributed by atoms with Gasteiger partial charge in [-0.15, -0.1) is 6.58 Å². The molecule has 138 valence electrons. The number of carboxylic acid groups (broad SMARTS) is 1. The summed E-state index contributed by atoms with van der Waals surface area (Å²) < 4.78 is 6.10. The number of ether oxygens (including phenoxy) is 1. The molecule has 8 heteroatoms. The maximum atomic E-state index is 12.8. The van der Waals surface area contributed by atoms with Crippen molar-refractivity contribution in [3.8, 4) is 0 Å². The fourth-order valence-corrected chi connectivity index (χ4v) is 3.91. The van der Waals surface area contributed by atoms with Crippen LogP contribution in [0.1, 0.15) is 18.4 Å². The zero-order valence-corrected chi connectivity index (χ0v) is 15.7. The van der Waals surface area contributed by atoms with Crippen LogP contribution in [0.15, 0.2) is 36.0 Å². The summed E-state index contributed by atoms with van der Waals surface area (Å²) >= 11 is 3.27. The molecular weight excluding hydrogens is 402 g/mol. The Morgan fingerprint density at radius 1 is 1.46 bits per heavy atom. The number of piperidine rings is 1. The van der Waals surface area contributed by atoms with Crippen LogP contribution < -0.4 is 5.32 Å². The molecule has 0 spiro atoms. The Bertz CT molecular complexity index is 769. The third-order valence-electron chi connectivity index (χ3n) is 4.92. The highest BCUT2D eigenvalue weighted by Gasteiger charge is 2.67. The van der Waals surface area contributed by atoms with Crippen molar-refractivity contribution in [2.24, 2.45) is 5.41 Å². The van der Waals surface area contributed by atoms with E-state index >= 15 is 0 Å². The van der Waals surface area contributed by atoms with Crippen LogP contribution in [-0.4, -0.2) is 52.3 Å². The largest absolute Gasteiger partial charge is 0.465 e. The Kier molecular flexibility index (Phi) is 5.15. The molecule has 7 nitrogen and oxygen atoms in total. The van der Waals surface area contributed by atoms with E-state index in [1.165, 1.54) is 4.90 Å². The SMILES string of the molecule is C=CCOC[C@@]12C[C@@H](C(=O)Nc3nc(Br)ccc3C=C)N(C(=O)O)[C@@H]1C2. The zero-order valence-electron chi connectivity index (χ0n) is 14.2. The lowest BCUT2D eigenvalue weighted by molar-refractivity contribution is -0.120. The normalized spacial score (nSPS) is 26.1. The van der Waals surface area contributed by atoms with Gasteiger partial charge in [-0.3, -0.25) is 9.69 Å². The van der Waals surface area contributed by atoms with E-state index in [1.807, 2.05) is 0 Å². The van der Waals surface area contributed by atoms with Crippen molar-refractivity contribution >= 4 is 39.8 Å². The summed E-state index contributed by atoms with van der Waals surface area (Å²) in [6, 6.07) is 2.56. The summed E-state index contributed by atoms with van der Waals surface area (Å²) in [7, 11) is 0. The average molecular weight is 422 g/mol. The van der Waals surface area contributed by atoms with Gasteiger partial charge in [-0.05, 0) is 40.9 Å². The van der Waals surface area contributed by atoms with Crippen molar-refractivity contribution in [1.29, 1.82) is 0 Å². The van der Waals surface area contributed by atoms with E-state index in [0.29, 0.717) is 42.0 Å². The molecule has 26 heavy (non-hydrogen) atoms. The second-order valence-corrected chi connectivity index (χ2v) is 7.37. The van der Waals surface area contributed by atoms with Crippen LogP contribution in [0.25, 0.3) is 6.08 Å². The van der Waals surface area contributed by atoms with Gasteiger partial charge in [-0.2, -0.15) is 0 Å². The number of anilines is 1. The topological polar surface area (TPSA) is 91.8 Å². The van der Waals surface area contributed by atoms with E-state index in [0.717, 1.165) is 0 Å². The maximum absolute atomic E-state index is 12.8. The number of hydrogen-bond acceptors (Lipinski definition) is 4. The van der Waals surface area contributed by atoms with E-state index < -0.39 is 18.0 Å². The summed E-state index contributed by atoms with van der Waals surface area (Å²) in [6.45, 7) is 8.14. The molecule has 1 aliphatic heterocycles. The lowest BCUT2D eigenvalue weighted by Gasteiger charge is -2.24. The van der Waals surface area contributed by atoms with Gasteiger partial charge in [0.2, 0.25) is 5.91 Å². The van der Waals surface area contributed by atoms with E-state index in [1.54, 1.807) is 24.3 Å². The highest BCUT2D eigenvalue weighted by atomic mass is 79.9. The minimum atomic E-state index is -1.09. The lowest BCUT2D eigenvalue weighted by Crippen LogP contribution is -2.45. The summed E-state index contributed by atoms with van der Waals surface area (Å²) in [4.78, 5) is 30.0. The molecule has 2 fully saturated rings. The van der Waals surface area contributed by atoms with Gasteiger partial charge in [0.25, 0.3) is 0 Å². The summed E-state index contributed by atoms with van der Waals surface area (Å²) in [5.74, 6) is -0.0429. The monoisotopic (exact) mass is 421 g/mol. The number of halogens is 1. The highest BCUT2D eigenvalue weighted by Crippen LogP contribution is 2.59. The number of aromatic nitrogens is 1. The molecule has 0 bridgehead atoms. The molecule has 1 aliphatic carbocycles. The van der Waals surface area contributed by atoms with Crippen LogP contribution in [0.3, 0.4) is 0 Å². The minimum absolute atomic E-state index is 0.185. The molecule has 2 heterocycles. The van der Waals surface area contributed by atoms with E-state index in [9.17, 15) is 14.7 Å². The number of rotatable bonds is 7. The fraction of sp³-hybridized carbons (Fsp3) is 0.389. The van der Waals surface area contributed by atoms with Crippen molar-refractivity contribution in [2.75, 3.05) is 18.5 Å². The predicted octanol–water partition coefficient (Wildman–Crippen LogP) is 3.14. The number of nitrogens with one attached hydrogen (secondary N) is 1. The molecule has 0 unspecified atom stereocenters. The van der Waals surface area contributed by atoms with Crippen molar-refractivity contribution in [3.63, 3.8) is 0 Å². The number of fused-ring (bicyclic) bond motifs is 1. The lowest BCUT2D eigenvalue weighted by atomic mass is 10.00. The molecule has 2 amide bonds. The molecule has 1 aromatic rings. The van der Waals surface area contributed by atoms with E-state index in [4.69, 9.17) is 4.74 Å². The Morgan fingerprint density at radius 3 is 2.88 bits per heavy atom. The summed E-state index contributed by atoms with van der Waals surface area (Å²) in [5, 5.41) is 12.3. The number of nitrogens with zero attached hydrogens (tertiary/aromatic N) is 2. The number of hydrogen-bond donors (Lipinski definition) is 2. The molecule has 0 radical (unpaired) electrons. The number of carbonyl (C=O) groups excluding carboxylic acids is 1. The van der Waals surface area contributed by atoms with Crippen LogP contribution in [0.4, 0.5) is 10.6 Å². The first kappa shape index (κ1) is 18.6. The second-order valence-electron chi connectivity index (χ2n) is 6.56. The van der Waals surface area contributed by atoms with Crippen LogP contribution in [-0.2, 0) is 9.53 Å². The number of amides is 2. The Hall–Kier alpha value is -2.19. The van der Waals surface area contributed by atoms with Crippen LogP contribution in [0.5, 0.6) is 0 Å². The van der Waals surface area contributed by atoms with Gasteiger partial charge in [0.1, 0.15) is 16.5 Å². The van der Waals surface area contributed by atoms with Gasteiger partial charge in [-0.1, -0.05) is 18.7 Å². The third kappa shape index (κ3) is 3.39. The van der Waals surface area contributed by atoms with Gasteiger partial charge in [0.05, 0.1) is 13.2 Å². The van der Waals surface area contributed by atoms with Crippen molar-refractivity contribution < 1.29 is 19.4 Å². The molecule has 1 saturated heterocycles. The van der Waals surface area contributed by atoms with Crippen LogP contribution >= 0.6 is 15.9 Å². The van der Waals surface area contributed by atoms with Crippen LogP contribution in [0.2, 0.25) is 0 Å². The van der Waals surface area contributed by atoms with Crippen molar-refractivity contribution in [2.45, 2.75) is 24.9 Å². The molecule has 3 atom stereocenters. The second kappa shape index (κ2) is 7.20. The van der Waals surface area contributed by atoms with Crippen LogP contribution in [0, 0.1) is 5.41 Å². The van der Waals surface area contributed by atoms with Gasteiger partial charge >= 0.3 is 6.09 Å². The first-order chi connectivity index (χ1) is 12.4. The molecule has 2 aliphatic rings. The maximum Gasteiger partial charge on any atom is 0.408 e.